The Morgan fingerprint density at radius 1 is 1.14 bits per heavy atom. The summed E-state index contributed by atoms with van der Waals surface area (Å²) in [6.07, 6.45) is 8.70. The first-order valence-corrected chi connectivity index (χ1v) is 10.1. The normalized spacial score (nSPS) is 17.4. The van der Waals surface area contributed by atoms with Crippen LogP contribution in [0.25, 0.3) is 0 Å². The minimum absolute atomic E-state index is 0.0114. The van der Waals surface area contributed by atoms with Crippen molar-refractivity contribution in [3.63, 3.8) is 0 Å². The van der Waals surface area contributed by atoms with Gasteiger partial charge in [0.15, 0.2) is 10.9 Å². The SMILES string of the molecule is Cn1ccc(Nc2cc(Nc3nc4c(s3)C(=O)NC43CCCCC3)ncn2)n1. The Balaban J connectivity index is 1.37. The molecule has 9 nitrogen and oxygen atoms in total. The Kier molecular flexibility index (Phi) is 4.00. The molecule has 1 saturated carbocycles. The fourth-order valence-corrected chi connectivity index (χ4v) is 4.89. The number of anilines is 4. The van der Waals surface area contributed by atoms with Crippen molar-refractivity contribution in [1.29, 1.82) is 0 Å². The van der Waals surface area contributed by atoms with Crippen LogP contribution < -0.4 is 16.0 Å². The molecule has 5 rings (SSSR count). The van der Waals surface area contributed by atoms with E-state index in [4.69, 9.17) is 4.98 Å². The summed E-state index contributed by atoms with van der Waals surface area (Å²) in [4.78, 5) is 26.4. The van der Waals surface area contributed by atoms with Crippen LogP contribution in [0.1, 0.15) is 47.5 Å². The van der Waals surface area contributed by atoms with Gasteiger partial charge in [0.1, 0.15) is 22.8 Å². The Morgan fingerprint density at radius 2 is 1.93 bits per heavy atom. The van der Waals surface area contributed by atoms with E-state index in [1.807, 2.05) is 19.3 Å². The van der Waals surface area contributed by atoms with Gasteiger partial charge in [-0.05, 0) is 12.8 Å². The van der Waals surface area contributed by atoms with E-state index in [-0.39, 0.29) is 11.4 Å². The van der Waals surface area contributed by atoms with Crippen molar-refractivity contribution >= 4 is 39.8 Å². The Morgan fingerprint density at radius 3 is 2.68 bits per heavy atom. The second kappa shape index (κ2) is 6.55. The van der Waals surface area contributed by atoms with E-state index in [0.29, 0.717) is 27.5 Å². The van der Waals surface area contributed by atoms with Crippen molar-refractivity contribution in [2.75, 3.05) is 10.6 Å². The average Bonchev–Trinajstić information content (AvgIpc) is 3.34. The molecule has 3 aromatic heterocycles. The number of amides is 1. The van der Waals surface area contributed by atoms with Crippen molar-refractivity contribution in [2.24, 2.45) is 7.05 Å². The summed E-state index contributed by atoms with van der Waals surface area (Å²) in [5.74, 6) is 1.93. The Hall–Kier alpha value is -3.01. The van der Waals surface area contributed by atoms with Crippen LogP contribution in [0.4, 0.5) is 22.6 Å². The maximum Gasteiger partial charge on any atom is 0.264 e. The van der Waals surface area contributed by atoms with Crippen LogP contribution >= 0.6 is 11.3 Å². The molecule has 10 heteroatoms. The van der Waals surface area contributed by atoms with E-state index >= 15 is 0 Å². The molecule has 3 N–H and O–H groups in total. The van der Waals surface area contributed by atoms with E-state index in [2.05, 4.69) is 31.0 Å². The van der Waals surface area contributed by atoms with Crippen molar-refractivity contribution in [1.82, 2.24) is 30.0 Å². The maximum absolute atomic E-state index is 12.5. The van der Waals surface area contributed by atoms with Crippen LogP contribution in [0.15, 0.2) is 24.7 Å². The highest BCUT2D eigenvalue weighted by atomic mass is 32.1. The fourth-order valence-electron chi connectivity index (χ4n) is 3.92. The first-order valence-electron chi connectivity index (χ1n) is 9.31. The highest BCUT2D eigenvalue weighted by Gasteiger charge is 2.46. The number of hydrogen-bond donors (Lipinski definition) is 3. The highest BCUT2D eigenvalue weighted by molar-refractivity contribution is 7.17. The standard InChI is InChI=1S/C18H20N8OS/c1-26-8-5-11(25-26)21-12-9-13(20-10-19-12)22-17-23-15-14(28-17)16(27)24-18(15)6-3-2-4-7-18/h5,8-10H,2-4,6-7H2,1H3,(H,24,27)(H2,19,20,21,22,23,25). The number of carbonyl (C=O) groups is 1. The van der Waals surface area contributed by atoms with Gasteiger partial charge in [-0.1, -0.05) is 30.6 Å². The molecule has 3 aromatic rings. The first kappa shape index (κ1) is 17.1. The van der Waals surface area contributed by atoms with E-state index in [1.54, 1.807) is 10.7 Å². The molecule has 0 saturated heterocycles. The predicted octanol–water partition coefficient (Wildman–Crippen LogP) is 3.06. The van der Waals surface area contributed by atoms with Gasteiger partial charge in [-0.25, -0.2) is 15.0 Å². The second-order valence-electron chi connectivity index (χ2n) is 7.21. The molecule has 1 spiro atoms. The quantitative estimate of drug-likeness (QED) is 0.622. The van der Waals surface area contributed by atoms with Gasteiger partial charge in [0.05, 0.1) is 11.2 Å². The van der Waals surface area contributed by atoms with E-state index in [0.717, 1.165) is 31.4 Å². The molecule has 4 heterocycles. The molecule has 1 amide bonds. The lowest BCUT2D eigenvalue weighted by molar-refractivity contribution is 0.0910. The number of hydrogen-bond acceptors (Lipinski definition) is 8. The molecular formula is C18H20N8OS. The number of aryl methyl sites for hydroxylation is 1. The van der Waals surface area contributed by atoms with Gasteiger partial charge in [-0.15, -0.1) is 0 Å². The van der Waals surface area contributed by atoms with Crippen molar-refractivity contribution in [2.45, 2.75) is 37.6 Å². The van der Waals surface area contributed by atoms with Crippen LogP contribution in [-0.4, -0.2) is 30.6 Å². The van der Waals surface area contributed by atoms with Crippen LogP contribution in [0.2, 0.25) is 0 Å². The second-order valence-corrected chi connectivity index (χ2v) is 8.21. The third-order valence-electron chi connectivity index (χ3n) is 5.22. The summed E-state index contributed by atoms with van der Waals surface area (Å²) < 4.78 is 1.71. The maximum atomic E-state index is 12.5. The smallest absolute Gasteiger partial charge is 0.264 e. The Bertz CT molecular complexity index is 1040. The molecule has 28 heavy (non-hydrogen) atoms. The molecule has 0 radical (unpaired) electrons. The van der Waals surface area contributed by atoms with Crippen LogP contribution in [0.5, 0.6) is 0 Å². The summed E-state index contributed by atoms with van der Waals surface area (Å²) in [7, 11) is 1.86. The minimum Gasteiger partial charge on any atom is -0.340 e. The molecule has 1 fully saturated rings. The third-order valence-corrected chi connectivity index (χ3v) is 6.19. The molecule has 1 aliphatic carbocycles. The fraction of sp³-hybridized carbons (Fsp3) is 0.389. The minimum atomic E-state index is -0.279. The average molecular weight is 396 g/mol. The molecule has 1 aliphatic heterocycles. The van der Waals surface area contributed by atoms with Gasteiger partial charge in [0.25, 0.3) is 5.91 Å². The zero-order valence-corrected chi connectivity index (χ0v) is 16.2. The van der Waals surface area contributed by atoms with Gasteiger partial charge in [0.2, 0.25) is 0 Å². The summed E-state index contributed by atoms with van der Waals surface area (Å²) in [6, 6.07) is 3.65. The van der Waals surface area contributed by atoms with E-state index in [1.165, 1.54) is 24.1 Å². The van der Waals surface area contributed by atoms with Crippen molar-refractivity contribution in [3.8, 4) is 0 Å². The van der Waals surface area contributed by atoms with E-state index < -0.39 is 0 Å². The number of thiazole rings is 1. The van der Waals surface area contributed by atoms with Gasteiger partial charge >= 0.3 is 0 Å². The highest BCUT2D eigenvalue weighted by Crippen LogP contribution is 2.45. The monoisotopic (exact) mass is 396 g/mol. The summed E-state index contributed by atoms with van der Waals surface area (Å²) in [6.45, 7) is 0. The number of fused-ring (bicyclic) bond motifs is 2. The third kappa shape index (κ3) is 2.99. The van der Waals surface area contributed by atoms with Gasteiger partial charge in [0, 0.05) is 25.4 Å². The molecule has 0 unspecified atom stereocenters. The first-order chi connectivity index (χ1) is 13.6. The lowest BCUT2D eigenvalue weighted by Crippen LogP contribution is -2.41. The molecule has 0 atom stereocenters. The zero-order chi connectivity index (χ0) is 19.1. The van der Waals surface area contributed by atoms with Crippen LogP contribution in [0, 0.1) is 0 Å². The van der Waals surface area contributed by atoms with Crippen LogP contribution in [0.3, 0.4) is 0 Å². The lowest BCUT2D eigenvalue weighted by atomic mass is 9.81. The summed E-state index contributed by atoms with van der Waals surface area (Å²) in [5.41, 5.74) is 0.615. The lowest BCUT2D eigenvalue weighted by Gasteiger charge is -2.32. The summed E-state index contributed by atoms with van der Waals surface area (Å²) >= 11 is 1.37. The van der Waals surface area contributed by atoms with E-state index in [9.17, 15) is 4.79 Å². The van der Waals surface area contributed by atoms with Crippen molar-refractivity contribution in [3.05, 3.63) is 35.2 Å². The molecular weight excluding hydrogens is 376 g/mol. The molecule has 0 bridgehead atoms. The zero-order valence-electron chi connectivity index (χ0n) is 15.4. The topological polar surface area (TPSA) is 110 Å². The number of nitrogens with zero attached hydrogens (tertiary/aromatic N) is 5. The molecule has 0 aromatic carbocycles. The summed E-state index contributed by atoms with van der Waals surface area (Å²) in [5, 5.41) is 14.5. The largest absolute Gasteiger partial charge is 0.340 e. The number of rotatable bonds is 4. The van der Waals surface area contributed by atoms with Gasteiger partial charge in [-0.3, -0.25) is 9.48 Å². The molecule has 144 valence electrons. The molecule has 2 aliphatic rings. The number of aromatic nitrogens is 5. The number of nitrogens with one attached hydrogen (secondary N) is 3. The van der Waals surface area contributed by atoms with Gasteiger partial charge < -0.3 is 16.0 Å². The van der Waals surface area contributed by atoms with Crippen LogP contribution in [-0.2, 0) is 12.6 Å². The Labute approximate surface area is 165 Å². The number of carbonyl (C=O) groups excluding carboxylic acids is 1. The van der Waals surface area contributed by atoms with Crippen molar-refractivity contribution < 1.29 is 4.79 Å². The van der Waals surface area contributed by atoms with Gasteiger partial charge in [-0.2, -0.15) is 5.10 Å². The predicted molar refractivity (Wildman–Crippen MR) is 106 cm³/mol.